The van der Waals surface area contributed by atoms with Crippen molar-refractivity contribution in [2.75, 3.05) is 17.7 Å². The summed E-state index contributed by atoms with van der Waals surface area (Å²) in [5.74, 6) is -4.34. The summed E-state index contributed by atoms with van der Waals surface area (Å²) in [5.41, 5.74) is -0.203. The molecule has 4 nitrogen and oxygen atoms in total. The Balaban J connectivity index is 1.79. The lowest BCUT2D eigenvalue weighted by atomic mass is 10.1. The van der Waals surface area contributed by atoms with Crippen LogP contribution in [0.15, 0.2) is 30.3 Å². The minimum absolute atomic E-state index is 0.117. The number of halogens is 7. The molecule has 1 aliphatic carbocycles. The Bertz CT molecular complexity index is 1030. The van der Waals surface area contributed by atoms with E-state index in [4.69, 9.17) is 58.0 Å². The van der Waals surface area contributed by atoms with Gasteiger partial charge in [-0.15, -0.1) is 34.8 Å². The predicted molar refractivity (Wildman–Crippen MR) is 120 cm³/mol. The molecule has 0 aromatic heterocycles. The number of anilines is 1. The number of rotatable bonds is 7. The van der Waals surface area contributed by atoms with Gasteiger partial charge in [-0.2, -0.15) is 0 Å². The van der Waals surface area contributed by atoms with Crippen LogP contribution in [0.2, 0.25) is 10.0 Å². The summed E-state index contributed by atoms with van der Waals surface area (Å²) in [6.07, 6.45) is 0.493. The van der Waals surface area contributed by atoms with Crippen molar-refractivity contribution in [3.05, 3.63) is 63.1 Å². The van der Waals surface area contributed by atoms with Crippen molar-refractivity contribution in [2.45, 2.75) is 16.7 Å². The number of carbonyl (C=O) groups is 2. The van der Waals surface area contributed by atoms with Crippen molar-refractivity contribution in [2.24, 2.45) is 5.92 Å². The standard InChI is InChI=1S/C20H15Cl5F2N2O2/c21-6-1-7-28-18(30)14-10(22)3-5-13(17(14)27)29-19(31)16-15(20(16,24)25)9-2-4-12(26)11(23)8-9/h2-5,8,15-16H,1,6-7H2,(H,28,30)(H,29,31)/t15-,16+/m0/s1. The van der Waals surface area contributed by atoms with Crippen LogP contribution in [0.25, 0.3) is 0 Å². The average Bonchev–Trinajstić information content (AvgIpc) is 3.28. The van der Waals surface area contributed by atoms with Gasteiger partial charge in [0.1, 0.15) is 10.2 Å². The zero-order valence-electron chi connectivity index (χ0n) is 15.6. The molecule has 0 bridgehead atoms. The van der Waals surface area contributed by atoms with Crippen LogP contribution in [0.4, 0.5) is 14.5 Å². The molecule has 2 atom stereocenters. The molecule has 1 fully saturated rings. The molecule has 0 spiro atoms. The van der Waals surface area contributed by atoms with Crippen molar-refractivity contribution in [1.29, 1.82) is 0 Å². The second-order valence-electron chi connectivity index (χ2n) is 6.88. The second kappa shape index (κ2) is 9.67. The van der Waals surface area contributed by atoms with E-state index in [2.05, 4.69) is 10.6 Å². The third kappa shape index (κ3) is 5.04. The average molecular weight is 531 g/mol. The van der Waals surface area contributed by atoms with Gasteiger partial charge in [0.25, 0.3) is 5.91 Å². The number of amides is 2. The van der Waals surface area contributed by atoms with E-state index in [0.29, 0.717) is 17.9 Å². The zero-order chi connectivity index (χ0) is 22.9. The smallest absolute Gasteiger partial charge is 0.255 e. The number of carbonyl (C=O) groups excluding carboxylic acids is 2. The van der Waals surface area contributed by atoms with Gasteiger partial charge in [-0.1, -0.05) is 29.3 Å². The van der Waals surface area contributed by atoms with Crippen molar-refractivity contribution in [3.8, 4) is 0 Å². The zero-order valence-corrected chi connectivity index (χ0v) is 19.4. The van der Waals surface area contributed by atoms with E-state index in [0.717, 1.165) is 6.07 Å². The summed E-state index contributed by atoms with van der Waals surface area (Å²) >= 11 is 29.8. The number of hydrogen-bond acceptors (Lipinski definition) is 2. The Morgan fingerprint density at radius 2 is 1.77 bits per heavy atom. The van der Waals surface area contributed by atoms with Gasteiger partial charge in [0, 0.05) is 18.3 Å². The van der Waals surface area contributed by atoms with Gasteiger partial charge in [0.2, 0.25) is 5.91 Å². The molecule has 166 valence electrons. The van der Waals surface area contributed by atoms with E-state index < -0.39 is 45.2 Å². The molecule has 11 heteroatoms. The largest absolute Gasteiger partial charge is 0.352 e. The molecule has 2 amide bonds. The maximum atomic E-state index is 14.9. The molecule has 0 saturated heterocycles. The van der Waals surface area contributed by atoms with Gasteiger partial charge in [0.05, 0.1) is 27.2 Å². The van der Waals surface area contributed by atoms with E-state index >= 15 is 0 Å². The quantitative estimate of drug-likeness (QED) is 0.333. The van der Waals surface area contributed by atoms with Crippen molar-refractivity contribution >= 4 is 75.5 Å². The summed E-state index contributed by atoms with van der Waals surface area (Å²) in [7, 11) is 0. The van der Waals surface area contributed by atoms with Gasteiger partial charge >= 0.3 is 0 Å². The highest BCUT2D eigenvalue weighted by atomic mass is 35.5. The summed E-state index contributed by atoms with van der Waals surface area (Å²) < 4.78 is 26.9. The highest BCUT2D eigenvalue weighted by Crippen LogP contribution is 2.65. The predicted octanol–water partition coefficient (Wildman–Crippen LogP) is 6.16. The van der Waals surface area contributed by atoms with Gasteiger partial charge < -0.3 is 10.6 Å². The highest BCUT2D eigenvalue weighted by Gasteiger charge is 2.67. The summed E-state index contributed by atoms with van der Waals surface area (Å²) in [6, 6.07) is 6.41. The van der Waals surface area contributed by atoms with Crippen LogP contribution in [-0.2, 0) is 4.79 Å². The lowest BCUT2D eigenvalue weighted by Crippen LogP contribution is -2.27. The molecule has 3 rings (SSSR count). The summed E-state index contributed by atoms with van der Waals surface area (Å²) in [5, 5.41) is 4.64. The molecule has 0 unspecified atom stereocenters. The van der Waals surface area contributed by atoms with Crippen LogP contribution < -0.4 is 10.6 Å². The molecule has 2 aromatic rings. The Morgan fingerprint density at radius 1 is 1.06 bits per heavy atom. The van der Waals surface area contributed by atoms with E-state index in [-0.39, 0.29) is 22.3 Å². The van der Waals surface area contributed by atoms with Gasteiger partial charge in [0.15, 0.2) is 5.82 Å². The van der Waals surface area contributed by atoms with Crippen molar-refractivity contribution in [3.63, 3.8) is 0 Å². The Labute approximate surface area is 202 Å². The van der Waals surface area contributed by atoms with Crippen LogP contribution in [0.3, 0.4) is 0 Å². The first kappa shape index (κ1) is 24.3. The minimum atomic E-state index is -1.49. The normalized spacial score (nSPS) is 19.1. The fourth-order valence-corrected chi connectivity index (χ4v) is 4.58. The number of alkyl halides is 3. The summed E-state index contributed by atoms with van der Waals surface area (Å²) in [4.78, 5) is 25.0. The molecule has 0 aliphatic heterocycles. The van der Waals surface area contributed by atoms with Crippen LogP contribution in [0.1, 0.15) is 28.3 Å². The van der Waals surface area contributed by atoms with Crippen molar-refractivity contribution in [1.82, 2.24) is 5.32 Å². The van der Waals surface area contributed by atoms with Gasteiger partial charge in [-0.05, 0) is 36.2 Å². The fourth-order valence-electron chi connectivity index (χ4n) is 3.20. The SMILES string of the molecule is O=C(NCCCCl)c1c(Cl)ccc(NC(=O)[C@H]2[C@H](c3ccc(F)c(Cl)c3)C2(Cl)Cl)c1F. The van der Waals surface area contributed by atoms with Gasteiger partial charge in [-0.3, -0.25) is 9.59 Å². The van der Waals surface area contributed by atoms with E-state index in [1.54, 1.807) is 0 Å². The Kier molecular flexibility index (Phi) is 7.59. The number of hydrogen-bond donors (Lipinski definition) is 2. The van der Waals surface area contributed by atoms with E-state index in [9.17, 15) is 18.4 Å². The maximum Gasteiger partial charge on any atom is 0.255 e. The molecule has 2 aromatic carbocycles. The lowest BCUT2D eigenvalue weighted by Gasteiger charge is -2.12. The molecular weight excluding hydrogens is 515 g/mol. The van der Waals surface area contributed by atoms with E-state index in [1.165, 1.54) is 24.3 Å². The molecule has 0 radical (unpaired) electrons. The molecule has 2 N–H and O–H groups in total. The first-order valence-electron chi connectivity index (χ1n) is 9.05. The van der Waals surface area contributed by atoms with Crippen LogP contribution in [0.5, 0.6) is 0 Å². The first-order chi connectivity index (χ1) is 14.6. The lowest BCUT2D eigenvalue weighted by molar-refractivity contribution is -0.117. The maximum absolute atomic E-state index is 14.9. The van der Waals surface area contributed by atoms with Gasteiger partial charge in [-0.25, -0.2) is 8.78 Å². The topological polar surface area (TPSA) is 58.2 Å². The molecule has 0 heterocycles. The van der Waals surface area contributed by atoms with Crippen LogP contribution in [0, 0.1) is 17.6 Å². The molecular formula is C20H15Cl5F2N2O2. The third-order valence-electron chi connectivity index (χ3n) is 4.81. The molecule has 1 saturated carbocycles. The van der Waals surface area contributed by atoms with E-state index in [1.807, 2.05) is 0 Å². The molecule has 31 heavy (non-hydrogen) atoms. The monoisotopic (exact) mass is 528 g/mol. The number of benzene rings is 2. The Morgan fingerprint density at radius 3 is 2.42 bits per heavy atom. The van der Waals surface area contributed by atoms with Crippen molar-refractivity contribution < 1.29 is 18.4 Å². The summed E-state index contributed by atoms with van der Waals surface area (Å²) in [6.45, 7) is 0.236. The minimum Gasteiger partial charge on any atom is -0.352 e. The Hall–Kier alpha value is -1.31. The molecule has 1 aliphatic rings. The highest BCUT2D eigenvalue weighted by molar-refractivity contribution is 6.53. The first-order valence-corrected chi connectivity index (χ1v) is 11.1. The second-order valence-corrected chi connectivity index (χ2v) is 9.51. The fraction of sp³-hybridized carbons (Fsp3) is 0.300. The third-order valence-corrected chi connectivity index (χ3v) is 6.62. The van der Waals surface area contributed by atoms with Crippen LogP contribution in [-0.4, -0.2) is 28.6 Å². The number of nitrogens with one attached hydrogen (secondary N) is 2. The van der Waals surface area contributed by atoms with Crippen LogP contribution >= 0.6 is 58.0 Å².